The van der Waals surface area contributed by atoms with Gasteiger partial charge < -0.3 is 10.1 Å². The Morgan fingerprint density at radius 1 is 1.58 bits per heavy atom. The zero-order valence-corrected chi connectivity index (χ0v) is 7.21. The molecule has 0 bridgehead atoms. The SMILES string of the molecule is O=S(=O)(CCCO)c1cnc[nH]1. The largest absolute Gasteiger partial charge is 0.396 e. The first-order valence-electron chi connectivity index (χ1n) is 3.49. The first-order chi connectivity index (χ1) is 5.67. The number of hydrogen-bond donors (Lipinski definition) is 2. The number of imidazole rings is 1. The van der Waals surface area contributed by atoms with Crippen molar-refractivity contribution < 1.29 is 13.5 Å². The number of nitrogens with zero attached hydrogens (tertiary/aromatic N) is 1. The van der Waals surface area contributed by atoms with Crippen molar-refractivity contribution in [2.24, 2.45) is 0 Å². The Balaban J connectivity index is 2.74. The van der Waals surface area contributed by atoms with Gasteiger partial charge in [-0.15, -0.1) is 0 Å². The van der Waals surface area contributed by atoms with Gasteiger partial charge in [0.1, 0.15) is 0 Å². The Labute approximate surface area is 70.4 Å². The number of aliphatic hydroxyl groups is 1. The summed E-state index contributed by atoms with van der Waals surface area (Å²) in [7, 11) is -3.26. The maximum absolute atomic E-state index is 11.3. The van der Waals surface area contributed by atoms with Crippen molar-refractivity contribution in [3.63, 3.8) is 0 Å². The van der Waals surface area contributed by atoms with Crippen molar-refractivity contribution in [1.82, 2.24) is 9.97 Å². The molecule has 1 aromatic rings. The third-order valence-electron chi connectivity index (χ3n) is 1.38. The summed E-state index contributed by atoms with van der Waals surface area (Å²) in [5, 5.41) is 8.54. The maximum Gasteiger partial charge on any atom is 0.195 e. The average molecular weight is 190 g/mol. The Morgan fingerprint density at radius 2 is 2.33 bits per heavy atom. The predicted molar refractivity (Wildman–Crippen MR) is 42.3 cm³/mol. The van der Waals surface area contributed by atoms with Crippen LogP contribution in [0.5, 0.6) is 0 Å². The van der Waals surface area contributed by atoms with Crippen LogP contribution in [0.15, 0.2) is 17.6 Å². The van der Waals surface area contributed by atoms with Crippen molar-refractivity contribution in [2.45, 2.75) is 11.4 Å². The molecule has 1 aromatic heterocycles. The van der Waals surface area contributed by atoms with E-state index in [0.29, 0.717) is 0 Å². The van der Waals surface area contributed by atoms with E-state index in [2.05, 4.69) is 9.97 Å². The fourth-order valence-corrected chi connectivity index (χ4v) is 1.96. The van der Waals surface area contributed by atoms with Crippen molar-refractivity contribution in [1.29, 1.82) is 0 Å². The topological polar surface area (TPSA) is 83.1 Å². The lowest BCUT2D eigenvalue weighted by atomic mass is 10.5. The molecule has 0 atom stereocenters. The van der Waals surface area contributed by atoms with E-state index in [-0.39, 0.29) is 23.8 Å². The molecule has 0 aliphatic carbocycles. The number of aliphatic hydroxyl groups excluding tert-OH is 1. The van der Waals surface area contributed by atoms with Gasteiger partial charge in [-0.3, -0.25) is 0 Å². The monoisotopic (exact) mass is 190 g/mol. The van der Waals surface area contributed by atoms with Crippen LogP contribution in [-0.2, 0) is 9.84 Å². The van der Waals surface area contributed by atoms with Crippen LogP contribution >= 0.6 is 0 Å². The lowest BCUT2D eigenvalue weighted by Gasteiger charge is -1.97. The van der Waals surface area contributed by atoms with Crippen LogP contribution < -0.4 is 0 Å². The van der Waals surface area contributed by atoms with E-state index in [1.54, 1.807) is 0 Å². The average Bonchev–Trinajstić information content (AvgIpc) is 2.53. The van der Waals surface area contributed by atoms with E-state index in [9.17, 15) is 8.42 Å². The molecule has 0 spiro atoms. The standard InChI is InChI=1S/C6H10N2O3S/c9-2-1-3-12(10,11)6-4-7-5-8-6/h4-5,9H,1-3H2,(H,7,8). The van der Waals surface area contributed by atoms with Gasteiger partial charge in [-0.05, 0) is 6.42 Å². The number of rotatable bonds is 4. The predicted octanol–water partition coefficient (Wildman–Crippen LogP) is -0.434. The highest BCUT2D eigenvalue weighted by Crippen LogP contribution is 2.06. The molecular weight excluding hydrogens is 180 g/mol. The van der Waals surface area contributed by atoms with Gasteiger partial charge in [0.25, 0.3) is 0 Å². The Bertz CT molecular complexity index is 317. The van der Waals surface area contributed by atoms with Crippen LogP contribution in [0, 0.1) is 0 Å². The fraction of sp³-hybridized carbons (Fsp3) is 0.500. The molecule has 0 radical (unpaired) electrons. The molecule has 0 saturated carbocycles. The second-order valence-electron chi connectivity index (χ2n) is 2.31. The van der Waals surface area contributed by atoms with E-state index in [0.717, 1.165) is 0 Å². The molecular formula is C6H10N2O3S. The smallest absolute Gasteiger partial charge is 0.195 e. The summed E-state index contributed by atoms with van der Waals surface area (Å²) < 4.78 is 22.5. The first-order valence-corrected chi connectivity index (χ1v) is 5.14. The summed E-state index contributed by atoms with van der Waals surface area (Å²) >= 11 is 0. The molecule has 0 aliphatic rings. The molecule has 0 amide bonds. The number of H-pyrrole nitrogens is 1. The molecule has 6 heteroatoms. The van der Waals surface area contributed by atoms with Crippen molar-refractivity contribution in [2.75, 3.05) is 12.4 Å². The van der Waals surface area contributed by atoms with Gasteiger partial charge >= 0.3 is 0 Å². The minimum absolute atomic E-state index is 0.0499. The van der Waals surface area contributed by atoms with Gasteiger partial charge in [-0.25, -0.2) is 13.4 Å². The molecule has 1 rings (SSSR count). The minimum atomic E-state index is -3.26. The highest BCUT2D eigenvalue weighted by atomic mass is 32.2. The lowest BCUT2D eigenvalue weighted by Crippen LogP contribution is -2.08. The quantitative estimate of drug-likeness (QED) is 0.674. The number of sulfone groups is 1. The van der Waals surface area contributed by atoms with Crippen LogP contribution in [0.25, 0.3) is 0 Å². The molecule has 0 aromatic carbocycles. The zero-order chi connectivity index (χ0) is 9.03. The van der Waals surface area contributed by atoms with E-state index >= 15 is 0 Å². The third-order valence-corrected chi connectivity index (χ3v) is 3.10. The van der Waals surface area contributed by atoms with Crippen LogP contribution in [0.3, 0.4) is 0 Å². The minimum Gasteiger partial charge on any atom is -0.396 e. The highest BCUT2D eigenvalue weighted by Gasteiger charge is 2.14. The molecule has 0 unspecified atom stereocenters. The highest BCUT2D eigenvalue weighted by molar-refractivity contribution is 7.91. The summed E-state index contributed by atoms with van der Waals surface area (Å²) in [4.78, 5) is 6.10. The summed E-state index contributed by atoms with van der Waals surface area (Å²) in [6.45, 7) is -0.118. The second kappa shape index (κ2) is 3.68. The summed E-state index contributed by atoms with van der Waals surface area (Å²) in [6.07, 6.45) is 2.82. The zero-order valence-electron chi connectivity index (χ0n) is 6.40. The molecule has 2 N–H and O–H groups in total. The molecule has 0 fully saturated rings. The lowest BCUT2D eigenvalue weighted by molar-refractivity contribution is 0.295. The Morgan fingerprint density at radius 3 is 2.83 bits per heavy atom. The molecule has 0 saturated heterocycles. The normalized spacial score (nSPS) is 11.8. The van der Waals surface area contributed by atoms with Crippen molar-refractivity contribution >= 4 is 9.84 Å². The number of nitrogens with one attached hydrogen (secondary N) is 1. The summed E-state index contributed by atoms with van der Waals surface area (Å²) in [6, 6.07) is 0. The Hall–Kier alpha value is -0.880. The van der Waals surface area contributed by atoms with Crippen LogP contribution in [0.1, 0.15) is 6.42 Å². The van der Waals surface area contributed by atoms with Gasteiger partial charge in [0.05, 0.1) is 18.3 Å². The maximum atomic E-state index is 11.3. The molecule has 5 nitrogen and oxygen atoms in total. The number of aromatic amines is 1. The van der Waals surface area contributed by atoms with Crippen LogP contribution in [0.2, 0.25) is 0 Å². The van der Waals surface area contributed by atoms with Gasteiger partial charge in [0, 0.05) is 6.61 Å². The van der Waals surface area contributed by atoms with E-state index < -0.39 is 9.84 Å². The van der Waals surface area contributed by atoms with E-state index in [1.807, 2.05) is 0 Å². The van der Waals surface area contributed by atoms with Gasteiger partial charge in [-0.2, -0.15) is 0 Å². The van der Waals surface area contributed by atoms with E-state index in [4.69, 9.17) is 5.11 Å². The van der Waals surface area contributed by atoms with Crippen molar-refractivity contribution in [3.05, 3.63) is 12.5 Å². The Kier molecular flexibility index (Phi) is 2.83. The first kappa shape index (κ1) is 9.21. The summed E-state index contributed by atoms with van der Waals surface area (Å²) in [5.41, 5.74) is 0. The number of aromatic nitrogens is 2. The summed E-state index contributed by atoms with van der Waals surface area (Å²) in [5.74, 6) is -0.0499. The van der Waals surface area contributed by atoms with Gasteiger partial charge in [0.2, 0.25) is 0 Å². The third kappa shape index (κ3) is 2.05. The van der Waals surface area contributed by atoms with Crippen LogP contribution in [-0.4, -0.2) is 35.9 Å². The molecule has 12 heavy (non-hydrogen) atoms. The molecule has 68 valence electrons. The molecule has 0 aliphatic heterocycles. The van der Waals surface area contributed by atoms with Gasteiger partial charge in [0.15, 0.2) is 14.9 Å². The second-order valence-corrected chi connectivity index (χ2v) is 4.39. The molecule has 1 heterocycles. The van der Waals surface area contributed by atoms with Crippen LogP contribution in [0.4, 0.5) is 0 Å². The van der Waals surface area contributed by atoms with Crippen molar-refractivity contribution in [3.8, 4) is 0 Å². The number of hydrogen-bond acceptors (Lipinski definition) is 4. The van der Waals surface area contributed by atoms with E-state index in [1.165, 1.54) is 12.5 Å². The van der Waals surface area contributed by atoms with Gasteiger partial charge in [-0.1, -0.05) is 0 Å². The fourth-order valence-electron chi connectivity index (χ4n) is 0.778.